The summed E-state index contributed by atoms with van der Waals surface area (Å²) in [4.78, 5) is 4.62. The van der Waals surface area contributed by atoms with Crippen molar-refractivity contribution in [1.29, 1.82) is 0 Å². The molecule has 1 aliphatic carbocycles. The molecule has 1 aromatic heterocycles. The minimum absolute atomic E-state index is 0.211. The lowest BCUT2D eigenvalue weighted by Crippen LogP contribution is -2.21. The van der Waals surface area contributed by atoms with Crippen molar-refractivity contribution < 1.29 is 4.74 Å². The summed E-state index contributed by atoms with van der Waals surface area (Å²) in [6.07, 6.45) is 3.88. The Labute approximate surface area is 123 Å². The maximum absolute atomic E-state index is 6.12. The van der Waals surface area contributed by atoms with E-state index in [0.29, 0.717) is 12.0 Å². The molecule has 0 bridgehead atoms. The van der Waals surface area contributed by atoms with Crippen LogP contribution in [0.15, 0.2) is 6.07 Å². The SMILES string of the molecule is Cc1cc(C)c(CNC2CC2)c(OC(C)CC(C)C)n1. The number of rotatable bonds is 7. The minimum Gasteiger partial charge on any atom is -0.474 e. The number of aryl methyl sites for hydroxylation is 2. The average Bonchev–Trinajstić information content (AvgIpc) is 3.10. The predicted octanol–water partition coefficient (Wildman–Crippen LogP) is 3.76. The monoisotopic (exact) mass is 276 g/mol. The van der Waals surface area contributed by atoms with Gasteiger partial charge in [-0.25, -0.2) is 4.98 Å². The highest BCUT2D eigenvalue weighted by molar-refractivity contribution is 5.36. The first-order chi connectivity index (χ1) is 9.45. The van der Waals surface area contributed by atoms with Crippen LogP contribution in [0.3, 0.4) is 0 Å². The molecule has 0 spiro atoms. The Morgan fingerprint density at radius 2 is 2.00 bits per heavy atom. The molecule has 2 rings (SSSR count). The Balaban J connectivity index is 2.10. The van der Waals surface area contributed by atoms with Crippen LogP contribution in [-0.2, 0) is 6.54 Å². The molecule has 1 fully saturated rings. The fourth-order valence-corrected chi connectivity index (χ4v) is 2.58. The molecule has 20 heavy (non-hydrogen) atoms. The second-order valence-electron chi connectivity index (χ2n) is 6.58. The molecule has 3 nitrogen and oxygen atoms in total. The highest BCUT2D eigenvalue weighted by atomic mass is 16.5. The maximum atomic E-state index is 6.12. The van der Waals surface area contributed by atoms with E-state index in [4.69, 9.17) is 4.74 Å². The standard InChI is InChI=1S/C17H28N2O/c1-11(2)8-14(5)20-17-16(10-18-15-6-7-15)12(3)9-13(4)19-17/h9,11,14-15,18H,6-8,10H2,1-5H3. The first-order valence-corrected chi connectivity index (χ1v) is 7.83. The number of hydrogen-bond donors (Lipinski definition) is 1. The summed E-state index contributed by atoms with van der Waals surface area (Å²) in [5.41, 5.74) is 3.53. The van der Waals surface area contributed by atoms with Crippen molar-refractivity contribution in [3.05, 3.63) is 22.9 Å². The van der Waals surface area contributed by atoms with Gasteiger partial charge in [0, 0.05) is 23.8 Å². The van der Waals surface area contributed by atoms with Gasteiger partial charge in [0.05, 0.1) is 6.10 Å². The van der Waals surface area contributed by atoms with Crippen LogP contribution in [0.1, 0.15) is 56.9 Å². The summed E-state index contributed by atoms with van der Waals surface area (Å²) < 4.78 is 6.12. The van der Waals surface area contributed by atoms with Gasteiger partial charge in [-0.3, -0.25) is 0 Å². The first kappa shape index (κ1) is 15.3. The van der Waals surface area contributed by atoms with Crippen molar-refractivity contribution in [3.63, 3.8) is 0 Å². The molecule has 0 aliphatic heterocycles. The Kier molecular flexibility index (Phi) is 5.03. The van der Waals surface area contributed by atoms with Crippen LogP contribution in [0.2, 0.25) is 0 Å². The fourth-order valence-electron chi connectivity index (χ4n) is 2.58. The summed E-state index contributed by atoms with van der Waals surface area (Å²) >= 11 is 0. The lowest BCUT2D eigenvalue weighted by atomic mass is 10.1. The first-order valence-electron chi connectivity index (χ1n) is 7.83. The van der Waals surface area contributed by atoms with Crippen LogP contribution in [0.5, 0.6) is 5.88 Å². The lowest BCUT2D eigenvalue weighted by molar-refractivity contribution is 0.183. The lowest BCUT2D eigenvalue weighted by Gasteiger charge is -2.20. The highest BCUT2D eigenvalue weighted by Gasteiger charge is 2.22. The Bertz CT molecular complexity index is 453. The average molecular weight is 276 g/mol. The molecule has 1 atom stereocenters. The smallest absolute Gasteiger partial charge is 0.218 e. The Morgan fingerprint density at radius 3 is 2.60 bits per heavy atom. The van der Waals surface area contributed by atoms with Crippen LogP contribution in [0, 0.1) is 19.8 Å². The fraction of sp³-hybridized carbons (Fsp3) is 0.706. The summed E-state index contributed by atoms with van der Waals surface area (Å²) in [6.45, 7) is 11.6. The van der Waals surface area contributed by atoms with Gasteiger partial charge in [-0.2, -0.15) is 0 Å². The van der Waals surface area contributed by atoms with Crippen LogP contribution in [0.4, 0.5) is 0 Å². The molecule has 0 aromatic carbocycles. The van der Waals surface area contributed by atoms with E-state index in [1.54, 1.807) is 0 Å². The molecule has 3 heteroatoms. The quantitative estimate of drug-likeness (QED) is 0.823. The molecule has 1 N–H and O–H groups in total. The van der Waals surface area contributed by atoms with Crippen molar-refractivity contribution in [2.75, 3.05) is 0 Å². The van der Waals surface area contributed by atoms with Gasteiger partial charge in [-0.05, 0) is 57.6 Å². The molecule has 1 heterocycles. The van der Waals surface area contributed by atoms with Crippen molar-refractivity contribution in [3.8, 4) is 5.88 Å². The van der Waals surface area contributed by atoms with Crippen LogP contribution in [-0.4, -0.2) is 17.1 Å². The number of ether oxygens (including phenoxy) is 1. The van der Waals surface area contributed by atoms with Crippen LogP contribution >= 0.6 is 0 Å². The third kappa shape index (κ3) is 4.48. The van der Waals surface area contributed by atoms with E-state index >= 15 is 0 Å². The number of hydrogen-bond acceptors (Lipinski definition) is 3. The van der Waals surface area contributed by atoms with Crippen LogP contribution < -0.4 is 10.1 Å². The van der Waals surface area contributed by atoms with Gasteiger partial charge in [-0.1, -0.05) is 13.8 Å². The van der Waals surface area contributed by atoms with Crippen LogP contribution in [0.25, 0.3) is 0 Å². The summed E-state index contributed by atoms with van der Waals surface area (Å²) in [6, 6.07) is 2.85. The second-order valence-corrected chi connectivity index (χ2v) is 6.58. The van der Waals surface area contributed by atoms with Crippen molar-refractivity contribution in [2.24, 2.45) is 5.92 Å². The van der Waals surface area contributed by atoms with Gasteiger partial charge in [-0.15, -0.1) is 0 Å². The molecule has 0 radical (unpaired) electrons. The Morgan fingerprint density at radius 1 is 1.30 bits per heavy atom. The summed E-state index contributed by atoms with van der Waals surface area (Å²) in [5.74, 6) is 1.47. The van der Waals surface area contributed by atoms with Crippen molar-refractivity contribution in [1.82, 2.24) is 10.3 Å². The highest BCUT2D eigenvalue weighted by Crippen LogP contribution is 2.25. The second kappa shape index (κ2) is 6.57. The van der Waals surface area contributed by atoms with E-state index in [9.17, 15) is 0 Å². The molecule has 112 valence electrons. The van der Waals surface area contributed by atoms with Gasteiger partial charge in [0.25, 0.3) is 0 Å². The zero-order valence-corrected chi connectivity index (χ0v) is 13.5. The van der Waals surface area contributed by atoms with E-state index < -0.39 is 0 Å². The number of aromatic nitrogens is 1. The van der Waals surface area contributed by atoms with E-state index in [-0.39, 0.29) is 6.10 Å². The zero-order chi connectivity index (χ0) is 14.7. The normalized spacial score (nSPS) is 16.5. The molecule has 1 unspecified atom stereocenters. The minimum atomic E-state index is 0.211. The third-order valence-electron chi connectivity index (χ3n) is 3.70. The number of nitrogens with one attached hydrogen (secondary N) is 1. The van der Waals surface area contributed by atoms with E-state index in [2.05, 4.69) is 44.1 Å². The van der Waals surface area contributed by atoms with Gasteiger partial charge in [0.1, 0.15) is 0 Å². The van der Waals surface area contributed by atoms with Gasteiger partial charge >= 0.3 is 0 Å². The van der Waals surface area contributed by atoms with E-state index in [1.807, 2.05) is 6.92 Å². The number of pyridine rings is 1. The maximum Gasteiger partial charge on any atom is 0.218 e. The number of nitrogens with zero attached hydrogens (tertiary/aromatic N) is 1. The van der Waals surface area contributed by atoms with E-state index in [1.165, 1.54) is 24.0 Å². The van der Waals surface area contributed by atoms with Gasteiger partial charge < -0.3 is 10.1 Å². The van der Waals surface area contributed by atoms with Gasteiger partial charge in [0.15, 0.2) is 0 Å². The molecule has 1 saturated carbocycles. The third-order valence-corrected chi connectivity index (χ3v) is 3.70. The van der Waals surface area contributed by atoms with Crippen molar-refractivity contribution in [2.45, 2.75) is 72.6 Å². The Hall–Kier alpha value is -1.09. The summed E-state index contributed by atoms with van der Waals surface area (Å²) in [5, 5.41) is 3.57. The largest absolute Gasteiger partial charge is 0.474 e. The summed E-state index contributed by atoms with van der Waals surface area (Å²) in [7, 11) is 0. The van der Waals surface area contributed by atoms with E-state index in [0.717, 1.165) is 24.5 Å². The van der Waals surface area contributed by atoms with Crippen molar-refractivity contribution >= 4 is 0 Å². The van der Waals surface area contributed by atoms with Gasteiger partial charge in [0.2, 0.25) is 5.88 Å². The molecular formula is C17H28N2O. The molecule has 0 amide bonds. The molecule has 1 aromatic rings. The molecule has 1 aliphatic rings. The predicted molar refractivity (Wildman–Crippen MR) is 83.1 cm³/mol. The molecular weight excluding hydrogens is 248 g/mol. The molecule has 0 saturated heterocycles. The topological polar surface area (TPSA) is 34.1 Å². The zero-order valence-electron chi connectivity index (χ0n) is 13.5.